The Hall–Kier alpha value is -2.69. The zero-order chi connectivity index (χ0) is 14.8. The molecule has 1 amide bonds. The second-order valence-corrected chi connectivity index (χ2v) is 5.09. The minimum Gasteiger partial charge on any atom is -0.325 e. The van der Waals surface area contributed by atoms with Crippen molar-refractivity contribution < 1.29 is 9.72 Å². The second-order valence-electron chi connectivity index (χ2n) is 5.09. The topological polar surface area (TPSA) is 72.2 Å². The van der Waals surface area contributed by atoms with E-state index in [0.29, 0.717) is 0 Å². The molecular weight excluding hydrogens is 268 g/mol. The molecule has 2 aromatic rings. The summed E-state index contributed by atoms with van der Waals surface area (Å²) in [5, 5.41) is 13.8. The van der Waals surface area contributed by atoms with E-state index < -0.39 is 11.8 Å². The molecule has 1 aliphatic heterocycles. The third-order valence-electron chi connectivity index (χ3n) is 3.81. The van der Waals surface area contributed by atoms with Gasteiger partial charge in [0.05, 0.1) is 11.8 Å². The van der Waals surface area contributed by atoms with Crippen LogP contribution in [-0.2, 0) is 4.79 Å². The van der Waals surface area contributed by atoms with Crippen LogP contribution in [0.1, 0.15) is 23.0 Å². The molecule has 1 N–H and O–H groups in total. The Labute approximate surface area is 121 Å². The summed E-state index contributed by atoms with van der Waals surface area (Å²) in [4.78, 5) is 23.0. The van der Waals surface area contributed by atoms with Gasteiger partial charge in [0.1, 0.15) is 0 Å². The third kappa shape index (κ3) is 2.50. The molecule has 5 heteroatoms. The molecule has 0 fully saturated rings. The first kappa shape index (κ1) is 13.3. The van der Waals surface area contributed by atoms with Gasteiger partial charge in [0, 0.05) is 10.6 Å². The summed E-state index contributed by atoms with van der Waals surface area (Å²) >= 11 is 0. The van der Waals surface area contributed by atoms with Gasteiger partial charge in [-0.05, 0) is 17.2 Å². The number of amides is 1. The van der Waals surface area contributed by atoms with Gasteiger partial charge >= 0.3 is 0 Å². The Balaban J connectivity index is 2.05. The van der Waals surface area contributed by atoms with Gasteiger partial charge in [-0.15, -0.1) is 0 Å². The van der Waals surface area contributed by atoms with Gasteiger partial charge in [-0.25, -0.2) is 0 Å². The molecule has 5 nitrogen and oxygen atoms in total. The van der Waals surface area contributed by atoms with E-state index in [1.807, 2.05) is 54.6 Å². The van der Waals surface area contributed by atoms with Gasteiger partial charge in [-0.2, -0.15) is 0 Å². The Morgan fingerprint density at radius 1 is 1.10 bits per heavy atom. The molecule has 0 aliphatic carbocycles. The quantitative estimate of drug-likeness (QED) is 0.692. The zero-order valence-corrected chi connectivity index (χ0v) is 11.2. The number of carbonyl (C=O) groups excluding carboxylic acids is 1. The average molecular weight is 282 g/mol. The number of rotatable bonds is 4. The Morgan fingerprint density at radius 2 is 1.76 bits per heavy atom. The molecular formula is C16H14N2O3. The lowest BCUT2D eigenvalue weighted by Crippen LogP contribution is -2.25. The lowest BCUT2D eigenvalue weighted by Gasteiger charge is -2.19. The first-order valence-electron chi connectivity index (χ1n) is 6.73. The van der Waals surface area contributed by atoms with E-state index in [-0.39, 0.29) is 17.4 Å². The van der Waals surface area contributed by atoms with Crippen LogP contribution in [-0.4, -0.2) is 17.4 Å². The van der Waals surface area contributed by atoms with Gasteiger partial charge in [0.15, 0.2) is 0 Å². The summed E-state index contributed by atoms with van der Waals surface area (Å²) in [6.45, 7) is -0.267. The van der Waals surface area contributed by atoms with E-state index >= 15 is 0 Å². The number of anilines is 1. The van der Waals surface area contributed by atoms with Crippen molar-refractivity contribution in [2.75, 3.05) is 11.9 Å². The summed E-state index contributed by atoms with van der Waals surface area (Å²) in [6, 6.07) is 16.6. The highest BCUT2D eigenvalue weighted by atomic mass is 16.6. The highest BCUT2D eigenvalue weighted by Crippen LogP contribution is 2.41. The van der Waals surface area contributed by atoms with E-state index in [4.69, 9.17) is 0 Å². The summed E-state index contributed by atoms with van der Waals surface area (Å²) in [5.41, 5.74) is 2.39. The molecule has 0 saturated carbocycles. The van der Waals surface area contributed by atoms with E-state index in [9.17, 15) is 14.9 Å². The highest BCUT2D eigenvalue weighted by Gasteiger charge is 2.39. The Morgan fingerprint density at radius 3 is 2.48 bits per heavy atom. The summed E-state index contributed by atoms with van der Waals surface area (Å²) < 4.78 is 0. The smallest absolute Gasteiger partial charge is 0.232 e. The average Bonchev–Trinajstić information content (AvgIpc) is 2.81. The molecule has 1 aliphatic rings. The number of hydrogen-bond donors (Lipinski definition) is 1. The number of hydrogen-bond acceptors (Lipinski definition) is 3. The first-order valence-corrected chi connectivity index (χ1v) is 6.73. The van der Waals surface area contributed by atoms with Crippen LogP contribution in [0, 0.1) is 10.1 Å². The second kappa shape index (κ2) is 5.36. The number of fused-ring (bicyclic) bond motifs is 1. The highest BCUT2D eigenvalue weighted by molar-refractivity contribution is 6.03. The van der Waals surface area contributed by atoms with Gasteiger partial charge < -0.3 is 5.32 Å². The van der Waals surface area contributed by atoms with Crippen molar-refractivity contribution in [1.29, 1.82) is 0 Å². The van der Waals surface area contributed by atoms with Crippen molar-refractivity contribution in [3.05, 3.63) is 75.8 Å². The van der Waals surface area contributed by atoms with Crippen molar-refractivity contribution in [1.82, 2.24) is 0 Å². The number of benzene rings is 2. The number of nitrogens with zero attached hydrogens (tertiary/aromatic N) is 1. The standard InChI is InChI=1S/C16H14N2O3/c19-16-15(12-8-4-5-9-14(12)17-16)13(10-18(20)21)11-6-2-1-3-7-11/h1-9,13,15H,10H2,(H,17,19)/t13-,15-/m0/s1. The molecule has 21 heavy (non-hydrogen) atoms. The first-order chi connectivity index (χ1) is 10.2. The molecule has 0 saturated heterocycles. The van der Waals surface area contributed by atoms with Crippen LogP contribution in [0.2, 0.25) is 0 Å². The van der Waals surface area contributed by atoms with Gasteiger partial charge in [-0.1, -0.05) is 48.5 Å². The molecule has 0 radical (unpaired) electrons. The molecule has 0 unspecified atom stereocenters. The molecule has 2 aromatic carbocycles. The van der Waals surface area contributed by atoms with Crippen molar-refractivity contribution in [3.63, 3.8) is 0 Å². The van der Waals surface area contributed by atoms with Crippen LogP contribution < -0.4 is 5.32 Å². The maximum absolute atomic E-state index is 12.3. The van der Waals surface area contributed by atoms with E-state index in [1.54, 1.807) is 0 Å². The predicted octanol–water partition coefficient (Wildman–Crippen LogP) is 2.78. The molecule has 0 aromatic heterocycles. The van der Waals surface area contributed by atoms with E-state index in [2.05, 4.69) is 5.32 Å². The van der Waals surface area contributed by atoms with Crippen molar-refractivity contribution in [2.24, 2.45) is 0 Å². The third-order valence-corrected chi connectivity index (χ3v) is 3.81. The predicted molar refractivity (Wildman–Crippen MR) is 78.9 cm³/mol. The van der Waals surface area contributed by atoms with Crippen molar-refractivity contribution >= 4 is 11.6 Å². The van der Waals surface area contributed by atoms with E-state index in [0.717, 1.165) is 16.8 Å². The minimum absolute atomic E-state index is 0.174. The van der Waals surface area contributed by atoms with E-state index in [1.165, 1.54) is 0 Å². The molecule has 1 heterocycles. The fourth-order valence-corrected chi connectivity index (χ4v) is 2.90. The summed E-state index contributed by atoms with van der Waals surface area (Å²) in [7, 11) is 0. The minimum atomic E-state index is -0.519. The van der Waals surface area contributed by atoms with Crippen LogP contribution in [0.5, 0.6) is 0 Å². The molecule has 0 spiro atoms. The fraction of sp³-hybridized carbons (Fsp3) is 0.188. The van der Waals surface area contributed by atoms with Crippen LogP contribution in [0.4, 0.5) is 5.69 Å². The fourth-order valence-electron chi connectivity index (χ4n) is 2.90. The van der Waals surface area contributed by atoms with Gasteiger partial charge in [0.2, 0.25) is 12.5 Å². The maximum atomic E-state index is 12.3. The van der Waals surface area contributed by atoms with Crippen LogP contribution in [0.3, 0.4) is 0 Å². The number of carbonyl (C=O) groups is 1. The van der Waals surface area contributed by atoms with Gasteiger partial charge in [-0.3, -0.25) is 14.9 Å². The lowest BCUT2D eigenvalue weighted by atomic mass is 9.82. The molecule has 2 atom stereocenters. The molecule has 3 rings (SSSR count). The zero-order valence-electron chi connectivity index (χ0n) is 11.2. The largest absolute Gasteiger partial charge is 0.325 e. The molecule has 0 bridgehead atoms. The Bertz CT molecular complexity index is 685. The summed E-state index contributed by atoms with van der Waals surface area (Å²) in [5.74, 6) is -1.16. The number of nitro groups is 1. The number of para-hydroxylation sites is 1. The van der Waals surface area contributed by atoms with Crippen molar-refractivity contribution in [2.45, 2.75) is 11.8 Å². The van der Waals surface area contributed by atoms with Gasteiger partial charge in [0.25, 0.3) is 0 Å². The van der Waals surface area contributed by atoms with Crippen molar-refractivity contribution in [3.8, 4) is 0 Å². The SMILES string of the molecule is O=C1Nc2ccccc2[C@H]1[C@@H](C[N+](=O)[O-])c1ccccc1. The Kier molecular flexibility index (Phi) is 3.39. The summed E-state index contributed by atoms with van der Waals surface area (Å²) in [6.07, 6.45) is 0. The van der Waals surface area contributed by atoms with Crippen LogP contribution in [0.15, 0.2) is 54.6 Å². The normalized spacial score (nSPS) is 17.9. The van der Waals surface area contributed by atoms with Crippen LogP contribution >= 0.6 is 0 Å². The molecule has 106 valence electrons. The number of nitrogens with one attached hydrogen (secondary N) is 1. The maximum Gasteiger partial charge on any atom is 0.232 e. The monoisotopic (exact) mass is 282 g/mol. The van der Waals surface area contributed by atoms with Crippen LogP contribution in [0.25, 0.3) is 0 Å². The lowest BCUT2D eigenvalue weighted by molar-refractivity contribution is -0.483.